The molecule has 0 amide bonds. The molecule has 3 nitrogen and oxygen atoms in total. The molecule has 0 unspecified atom stereocenters. The SMILES string of the molecule is Brc1ccc2c(c1)c1ccccc1n2-c1nccc(-c2cccc([Si-](c3ccccc3)(c3ccccc3)c3ccccc3)c2)n1. The van der Waals surface area contributed by atoms with E-state index in [2.05, 4.69) is 178 Å². The number of fused-ring (bicyclic) bond motifs is 3. The minimum Gasteiger partial charge on any atom is -0.278 e. The molecule has 6 aromatic carbocycles. The van der Waals surface area contributed by atoms with Gasteiger partial charge < -0.3 is 0 Å². The van der Waals surface area contributed by atoms with Crippen molar-refractivity contribution in [1.82, 2.24) is 14.5 Å². The first-order chi connectivity index (χ1) is 22.2. The number of para-hydroxylation sites is 1. The molecule has 0 N–H and O–H groups in total. The van der Waals surface area contributed by atoms with Crippen LogP contribution in [0.4, 0.5) is 0 Å². The summed E-state index contributed by atoms with van der Waals surface area (Å²) in [6.45, 7) is 0. The summed E-state index contributed by atoms with van der Waals surface area (Å²) in [5, 5.41) is 7.69. The molecule has 45 heavy (non-hydrogen) atoms. The average molecular weight is 659 g/mol. The molecule has 5 heteroatoms. The van der Waals surface area contributed by atoms with Crippen LogP contribution in [-0.4, -0.2) is 22.6 Å². The number of aromatic nitrogens is 3. The van der Waals surface area contributed by atoms with E-state index in [1.54, 1.807) is 0 Å². The van der Waals surface area contributed by atoms with Crippen molar-refractivity contribution in [3.05, 3.63) is 174 Å². The van der Waals surface area contributed by atoms with E-state index in [9.17, 15) is 0 Å². The van der Waals surface area contributed by atoms with Crippen LogP contribution in [0.3, 0.4) is 0 Å². The molecule has 0 saturated heterocycles. The first-order valence-electron chi connectivity index (χ1n) is 15.0. The second-order valence-corrected chi connectivity index (χ2v) is 15.9. The van der Waals surface area contributed by atoms with E-state index in [1.807, 2.05) is 12.3 Å². The lowest BCUT2D eigenvalue weighted by atomic mass is 10.1. The van der Waals surface area contributed by atoms with Crippen molar-refractivity contribution in [2.75, 3.05) is 0 Å². The predicted molar refractivity (Wildman–Crippen MR) is 193 cm³/mol. The fourth-order valence-corrected chi connectivity index (χ4v) is 11.9. The van der Waals surface area contributed by atoms with Crippen LogP contribution in [0.15, 0.2) is 174 Å². The standard InChI is InChI=1S/C40H28BrN3Si/c41-30-23-24-39-36(28-30)35-21-10-11-22-38(35)44(39)40-42-26-25-37(43-40)29-13-12-20-34(27-29)45(31-14-4-1-5-15-31,32-16-6-2-7-17-32)33-18-8-3-9-19-33/h1-28H/q-1. The van der Waals surface area contributed by atoms with E-state index in [0.717, 1.165) is 26.8 Å². The lowest BCUT2D eigenvalue weighted by Gasteiger charge is -2.47. The normalized spacial score (nSPS) is 11.7. The molecule has 0 radical (unpaired) electrons. The van der Waals surface area contributed by atoms with Crippen LogP contribution in [0.1, 0.15) is 0 Å². The Bertz CT molecular complexity index is 2190. The Morgan fingerprint density at radius 2 is 1.07 bits per heavy atom. The maximum atomic E-state index is 5.21. The fraction of sp³-hybridized carbons (Fsp3) is 0. The molecule has 2 heterocycles. The largest absolute Gasteiger partial charge is 0.278 e. The number of hydrogen-bond acceptors (Lipinski definition) is 2. The van der Waals surface area contributed by atoms with Gasteiger partial charge >= 0.3 is 0 Å². The maximum absolute atomic E-state index is 5.21. The van der Waals surface area contributed by atoms with E-state index in [1.165, 1.54) is 31.5 Å². The summed E-state index contributed by atoms with van der Waals surface area (Å²) in [6.07, 6.45) is 1.88. The van der Waals surface area contributed by atoms with Gasteiger partial charge in [-0.2, -0.15) is 20.7 Å². The van der Waals surface area contributed by atoms with E-state index in [4.69, 9.17) is 9.97 Å². The van der Waals surface area contributed by atoms with Gasteiger partial charge in [-0.05, 0) is 44.0 Å². The second kappa shape index (κ2) is 11.4. The summed E-state index contributed by atoms with van der Waals surface area (Å²) in [6, 6.07) is 58.9. The summed E-state index contributed by atoms with van der Waals surface area (Å²) in [5.41, 5.74) is 4.12. The van der Waals surface area contributed by atoms with Crippen LogP contribution in [0.5, 0.6) is 0 Å². The zero-order chi connectivity index (χ0) is 30.2. The molecule has 0 aliphatic carbocycles. The smallest absolute Gasteiger partial charge is 0.235 e. The highest BCUT2D eigenvalue weighted by atomic mass is 79.9. The van der Waals surface area contributed by atoms with Gasteiger partial charge in [0.2, 0.25) is 5.95 Å². The molecule has 0 aliphatic rings. The summed E-state index contributed by atoms with van der Waals surface area (Å²) in [7, 11) is -2.66. The Labute approximate surface area is 271 Å². The van der Waals surface area contributed by atoms with E-state index in [0.29, 0.717) is 5.95 Å². The van der Waals surface area contributed by atoms with E-state index >= 15 is 0 Å². The Morgan fingerprint density at radius 3 is 1.73 bits per heavy atom. The van der Waals surface area contributed by atoms with Crippen LogP contribution in [-0.2, 0) is 0 Å². The third-order valence-electron chi connectivity index (χ3n) is 8.69. The van der Waals surface area contributed by atoms with Crippen LogP contribution < -0.4 is 20.7 Å². The van der Waals surface area contributed by atoms with Crippen molar-refractivity contribution in [2.45, 2.75) is 0 Å². The Hall–Kier alpha value is -5.10. The van der Waals surface area contributed by atoms with Gasteiger partial charge in [-0.1, -0.05) is 149 Å². The Kier molecular flexibility index (Phi) is 6.97. The first kappa shape index (κ1) is 27.4. The summed E-state index contributed by atoms with van der Waals surface area (Å²) >= 11 is 3.66. The third kappa shape index (κ3) is 4.63. The van der Waals surface area contributed by atoms with E-state index in [-0.39, 0.29) is 0 Å². The van der Waals surface area contributed by atoms with Crippen LogP contribution >= 0.6 is 15.9 Å². The minimum absolute atomic E-state index is 0.657. The summed E-state index contributed by atoms with van der Waals surface area (Å²) < 4.78 is 3.22. The van der Waals surface area contributed by atoms with Gasteiger partial charge in [-0.25, -0.2) is 9.97 Å². The lowest BCUT2D eigenvalue weighted by molar-refractivity contribution is 0.992. The topological polar surface area (TPSA) is 30.7 Å². The summed E-state index contributed by atoms with van der Waals surface area (Å²) in [5.74, 6) is 0.657. The van der Waals surface area contributed by atoms with Crippen LogP contribution in [0.25, 0.3) is 39.0 Å². The minimum atomic E-state index is -2.66. The molecule has 0 fully saturated rings. The Morgan fingerprint density at radius 1 is 0.489 bits per heavy atom. The fourth-order valence-electron chi connectivity index (χ4n) is 6.75. The molecule has 0 aliphatic heterocycles. The highest BCUT2D eigenvalue weighted by molar-refractivity contribution is 9.10. The Balaban J connectivity index is 1.34. The van der Waals surface area contributed by atoms with E-state index < -0.39 is 8.07 Å². The molecule has 215 valence electrons. The number of hydrogen-bond donors (Lipinski definition) is 0. The maximum Gasteiger partial charge on any atom is 0.235 e. The van der Waals surface area contributed by atoms with Crippen molar-refractivity contribution in [3.63, 3.8) is 0 Å². The molecule has 8 aromatic rings. The number of nitrogens with zero attached hydrogens (tertiary/aromatic N) is 3. The summed E-state index contributed by atoms with van der Waals surface area (Å²) in [4.78, 5) is 10.00. The first-order valence-corrected chi connectivity index (χ1v) is 17.8. The molecule has 2 aromatic heterocycles. The van der Waals surface area contributed by atoms with Crippen molar-refractivity contribution in [1.29, 1.82) is 0 Å². The molecular weight excluding hydrogens is 630 g/mol. The van der Waals surface area contributed by atoms with Gasteiger partial charge in [-0.15, -0.1) is 0 Å². The third-order valence-corrected chi connectivity index (χ3v) is 14.0. The monoisotopic (exact) mass is 657 g/mol. The van der Waals surface area contributed by atoms with Gasteiger partial charge in [0.05, 0.1) is 16.7 Å². The molecule has 0 atom stereocenters. The zero-order valence-electron chi connectivity index (χ0n) is 24.4. The molecule has 0 bridgehead atoms. The molecular formula is C40H28BrN3Si-. The number of benzene rings is 6. The van der Waals surface area contributed by atoms with Gasteiger partial charge in [-0.3, -0.25) is 4.57 Å². The van der Waals surface area contributed by atoms with Crippen LogP contribution in [0, 0.1) is 0 Å². The quantitative estimate of drug-likeness (QED) is 0.138. The molecule has 8 rings (SSSR count). The molecule has 0 spiro atoms. The average Bonchev–Trinajstić information content (AvgIpc) is 3.44. The molecule has 0 saturated carbocycles. The predicted octanol–water partition coefficient (Wildman–Crippen LogP) is 7.38. The highest BCUT2D eigenvalue weighted by Gasteiger charge is 2.28. The van der Waals surface area contributed by atoms with Gasteiger partial charge in [0.15, 0.2) is 0 Å². The van der Waals surface area contributed by atoms with Crippen molar-refractivity contribution < 1.29 is 0 Å². The van der Waals surface area contributed by atoms with Gasteiger partial charge in [0.1, 0.15) is 0 Å². The van der Waals surface area contributed by atoms with Crippen molar-refractivity contribution in [3.8, 4) is 17.2 Å². The number of halogens is 1. The van der Waals surface area contributed by atoms with Gasteiger partial charge in [0.25, 0.3) is 0 Å². The number of rotatable bonds is 6. The van der Waals surface area contributed by atoms with Gasteiger partial charge in [0, 0.05) is 21.4 Å². The lowest BCUT2D eigenvalue weighted by Crippen LogP contribution is -2.74. The second-order valence-electron chi connectivity index (χ2n) is 11.2. The van der Waals surface area contributed by atoms with Crippen LogP contribution in [0.2, 0.25) is 0 Å². The highest BCUT2D eigenvalue weighted by Crippen LogP contribution is 2.33. The van der Waals surface area contributed by atoms with Crippen molar-refractivity contribution in [2.24, 2.45) is 0 Å². The van der Waals surface area contributed by atoms with Crippen molar-refractivity contribution >= 4 is 66.6 Å². The zero-order valence-corrected chi connectivity index (χ0v) is 27.0.